The minimum Gasteiger partial charge on any atom is -0.459 e. The van der Waals surface area contributed by atoms with Crippen LogP contribution in [0, 0.1) is 5.82 Å². The highest BCUT2D eigenvalue weighted by atomic mass is 19.1. The van der Waals surface area contributed by atoms with Crippen molar-refractivity contribution in [1.82, 2.24) is 10.6 Å². The van der Waals surface area contributed by atoms with E-state index >= 15 is 0 Å². The first-order valence-corrected chi connectivity index (χ1v) is 13.3. The first kappa shape index (κ1) is 30.0. The quantitative estimate of drug-likeness (QED) is 0.223. The van der Waals surface area contributed by atoms with Gasteiger partial charge in [0.05, 0.1) is 0 Å². The Balaban J connectivity index is 1.44. The van der Waals surface area contributed by atoms with Crippen molar-refractivity contribution in [3.63, 3.8) is 0 Å². The number of alkyl carbamates (subject to hydrolysis) is 1. The molecule has 2 N–H and O–H groups in total. The Morgan fingerprint density at radius 2 is 1.31 bits per heavy atom. The van der Waals surface area contributed by atoms with Crippen molar-refractivity contribution in [2.75, 3.05) is 13.7 Å². The molecule has 4 rings (SSSR count). The topological polar surface area (TPSA) is 103 Å². The number of halogens is 1. The number of methoxy groups -OCH3 is 1. The second-order valence-corrected chi connectivity index (χ2v) is 9.36. The number of carbonyl (C=O) groups excluding carboxylic acids is 3. The van der Waals surface area contributed by atoms with Crippen molar-refractivity contribution in [1.29, 1.82) is 0 Å². The van der Waals surface area contributed by atoms with E-state index in [0.29, 0.717) is 5.56 Å². The number of ether oxygens (including phenoxy) is 3. The van der Waals surface area contributed by atoms with Gasteiger partial charge in [-0.1, -0.05) is 91.0 Å². The summed E-state index contributed by atoms with van der Waals surface area (Å²) >= 11 is 0. The Kier molecular flexibility index (Phi) is 10.8. The van der Waals surface area contributed by atoms with E-state index in [1.807, 2.05) is 54.6 Å². The fourth-order valence-corrected chi connectivity index (χ4v) is 4.21. The van der Waals surface area contributed by atoms with Gasteiger partial charge in [0.2, 0.25) is 0 Å². The number of esters is 1. The summed E-state index contributed by atoms with van der Waals surface area (Å²) in [5.74, 6) is -2.06. The number of carbonyl (C=O) groups is 3. The maximum Gasteiger partial charge on any atom is 0.408 e. The van der Waals surface area contributed by atoms with Gasteiger partial charge in [-0.3, -0.25) is 4.79 Å². The van der Waals surface area contributed by atoms with Crippen LogP contribution in [0.1, 0.15) is 38.7 Å². The largest absolute Gasteiger partial charge is 0.459 e. The Hall–Kier alpha value is -5.02. The second kappa shape index (κ2) is 15.1. The van der Waals surface area contributed by atoms with Gasteiger partial charge in [-0.2, -0.15) is 0 Å². The molecule has 0 bridgehead atoms. The number of hydrogen-bond acceptors (Lipinski definition) is 6. The van der Waals surface area contributed by atoms with Gasteiger partial charge in [0.1, 0.15) is 31.2 Å². The van der Waals surface area contributed by atoms with Crippen LogP contribution in [0.5, 0.6) is 0 Å². The predicted octanol–water partition coefficient (Wildman–Crippen LogP) is 5.33. The third kappa shape index (κ3) is 8.74. The van der Waals surface area contributed by atoms with Gasteiger partial charge >= 0.3 is 12.1 Å². The Morgan fingerprint density at radius 1 is 0.738 bits per heavy atom. The van der Waals surface area contributed by atoms with Crippen LogP contribution in [-0.2, 0) is 32.2 Å². The molecule has 0 heterocycles. The van der Waals surface area contributed by atoms with E-state index < -0.39 is 35.9 Å². The molecule has 0 aliphatic heterocycles. The second-order valence-electron chi connectivity index (χ2n) is 9.36. The molecular formula is C33H31FN2O6. The highest BCUT2D eigenvalue weighted by Gasteiger charge is 2.25. The zero-order valence-electron chi connectivity index (χ0n) is 23.0. The molecule has 1 unspecified atom stereocenters. The predicted molar refractivity (Wildman–Crippen MR) is 154 cm³/mol. The van der Waals surface area contributed by atoms with Crippen molar-refractivity contribution in [2.24, 2.45) is 0 Å². The zero-order chi connectivity index (χ0) is 29.7. The highest BCUT2D eigenvalue weighted by Crippen LogP contribution is 2.26. The van der Waals surface area contributed by atoms with Gasteiger partial charge in [0, 0.05) is 19.2 Å². The Labute approximate surface area is 243 Å². The van der Waals surface area contributed by atoms with E-state index in [9.17, 15) is 18.8 Å². The molecule has 9 heteroatoms. The van der Waals surface area contributed by atoms with Gasteiger partial charge in [-0.15, -0.1) is 0 Å². The molecule has 0 radical (unpaired) electrons. The molecular weight excluding hydrogens is 539 g/mol. The van der Waals surface area contributed by atoms with Crippen LogP contribution in [-0.4, -0.2) is 37.7 Å². The first-order chi connectivity index (χ1) is 20.4. The van der Waals surface area contributed by atoms with Crippen molar-refractivity contribution in [3.05, 3.63) is 143 Å². The minimum atomic E-state index is -1.27. The average Bonchev–Trinajstić information content (AvgIpc) is 3.02. The molecule has 0 saturated carbocycles. The lowest BCUT2D eigenvalue weighted by atomic mass is 9.99. The molecule has 0 saturated heterocycles. The first-order valence-electron chi connectivity index (χ1n) is 13.3. The summed E-state index contributed by atoms with van der Waals surface area (Å²) in [6, 6.07) is 29.9. The molecule has 42 heavy (non-hydrogen) atoms. The van der Waals surface area contributed by atoms with Crippen LogP contribution < -0.4 is 10.6 Å². The molecule has 216 valence electrons. The molecule has 0 aliphatic carbocycles. The standard InChI is InChI=1S/C33H31FN2O6/c1-40-30(25-15-9-4-10-16-25)26-17-27(19-28(34)18-26)31(37)35-20-29(32(38)41-21-23-11-5-2-6-12-23)36-33(39)42-22-24-13-7-3-8-14-24/h2-19,29-30H,20-22H2,1H3,(H,35,37)(H,36,39)/t29-,30?/m1/s1. The summed E-state index contributed by atoms with van der Waals surface area (Å²) in [7, 11) is 1.50. The van der Waals surface area contributed by atoms with Gasteiger partial charge < -0.3 is 24.8 Å². The van der Waals surface area contributed by atoms with Gasteiger partial charge in [0.15, 0.2) is 0 Å². The van der Waals surface area contributed by atoms with Crippen molar-refractivity contribution < 1.29 is 33.0 Å². The number of rotatable bonds is 12. The van der Waals surface area contributed by atoms with E-state index in [1.54, 1.807) is 36.4 Å². The summed E-state index contributed by atoms with van der Waals surface area (Å²) in [4.78, 5) is 38.6. The van der Waals surface area contributed by atoms with Crippen LogP contribution in [0.3, 0.4) is 0 Å². The van der Waals surface area contributed by atoms with Crippen LogP contribution in [0.2, 0.25) is 0 Å². The zero-order valence-corrected chi connectivity index (χ0v) is 23.0. The van der Waals surface area contributed by atoms with Crippen LogP contribution >= 0.6 is 0 Å². The van der Waals surface area contributed by atoms with Gasteiger partial charge in [0.25, 0.3) is 5.91 Å². The van der Waals surface area contributed by atoms with Gasteiger partial charge in [-0.05, 0) is 40.5 Å². The number of hydrogen-bond donors (Lipinski definition) is 2. The fraction of sp³-hybridized carbons (Fsp3) is 0.182. The lowest BCUT2D eigenvalue weighted by Crippen LogP contribution is -2.49. The van der Waals surface area contributed by atoms with E-state index in [1.165, 1.54) is 19.2 Å². The average molecular weight is 571 g/mol. The van der Waals surface area contributed by atoms with E-state index in [0.717, 1.165) is 22.8 Å². The number of amides is 2. The summed E-state index contributed by atoms with van der Waals surface area (Å²) in [6.45, 7) is -0.375. The van der Waals surface area contributed by atoms with E-state index in [2.05, 4.69) is 10.6 Å². The minimum absolute atomic E-state index is 0.0149. The third-order valence-corrected chi connectivity index (χ3v) is 6.30. The summed E-state index contributed by atoms with van der Waals surface area (Å²) < 4.78 is 30.8. The van der Waals surface area contributed by atoms with Crippen molar-refractivity contribution >= 4 is 18.0 Å². The summed E-state index contributed by atoms with van der Waals surface area (Å²) in [5.41, 5.74) is 2.76. The lowest BCUT2D eigenvalue weighted by molar-refractivity contribution is -0.147. The molecule has 4 aromatic rings. The van der Waals surface area contributed by atoms with Crippen molar-refractivity contribution in [2.45, 2.75) is 25.4 Å². The molecule has 0 aliphatic rings. The fourth-order valence-electron chi connectivity index (χ4n) is 4.21. The number of nitrogens with one attached hydrogen (secondary N) is 2. The molecule has 2 amide bonds. The molecule has 0 spiro atoms. The maximum absolute atomic E-state index is 14.6. The monoisotopic (exact) mass is 570 g/mol. The van der Waals surface area contributed by atoms with Crippen molar-refractivity contribution in [3.8, 4) is 0 Å². The maximum atomic E-state index is 14.6. The highest BCUT2D eigenvalue weighted by molar-refractivity contribution is 5.95. The summed E-state index contributed by atoms with van der Waals surface area (Å²) in [6.07, 6.45) is -1.47. The van der Waals surface area contributed by atoms with Crippen LogP contribution in [0.15, 0.2) is 109 Å². The molecule has 2 atom stereocenters. The van der Waals surface area contributed by atoms with Crippen LogP contribution in [0.4, 0.5) is 9.18 Å². The Bertz CT molecular complexity index is 1470. The smallest absolute Gasteiger partial charge is 0.408 e. The van der Waals surface area contributed by atoms with E-state index in [4.69, 9.17) is 14.2 Å². The van der Waals surface area contributed by atoms with Crippen LogP contribution in [0.25, 0.3) is 0 Å². The summed E-state index contributed by atoms with van der Waals surface area (Å²) in [5, 5.41) is 5.05. The Morgan fingerprint density at radius 3 is 1.90 bits per heavy atom. The molecule has 4 aromatic carbocycles. The lowest BCUT2D eigenvalue weighted by Gasteiger charge is -2.19. The molecule has 0 aromatic heterocycles. The number of benzene rings is 4. The normalized spacial score (nSPS) is 12.0. The third-order valence-electron chi connectivity index (χ3n) is 6.30. The SMILES string of the molecule is COC(c1ccccc1)c1cc(F)cc(C(=O)NC[C@@H](NC(=O)OCc2ccccc2)C(=O)OCc2ccccc2)c1. The molecule has 0 fully saturated rings. The van der Waals surface area contributed by atoms with Gasteiger partial charge in [-0.25, -0.2) is 14.0 Å². The molecule has 8 nitrogen and oxygen atoms in total. The van der Waals surface area contributed by atoms with E-state index in [-0.39, 0.29) is 25.3 Å².